The van der Waals surface area contributed by atoms with Crippen LogP contribution < -0.4 is 4.72 Å². The number of aromatic amines is 1. The highest BCUT2D eigenvalue weighted by Gasteiger charge is 2.08. The maximum absolute atomic E-state index is 11.7. The van der Waals surface area contributed by atoms with Crippen LogP contribution in [0.3, 0.4) is 0 Å². The van der Waals surface area contributed by atoms with E-state index in [2.05, 4.69) is 19.9 Å². The van der Waals surface area contributed by atoms with Crippen molar-refractivity contribution in [2.45, 2.75) is 10.1 Å². The second-order valence-corrected chi connectivity index (χ2v) is 5.85. The lowest BCUT2D eigenvalue weighted by atomic mass is 10.2. The number of hydrogen-bond donors (Lipinski definition) is 3. The van der Waals surface area contributed by atoms with Crippen LogP contribution in [-0.2, 0) is 15.8 Å². The normalized spacial score (nSPS) is 11.4. The molecule has 1 atom stereocenters. The van der Waals surface area contributed by atoms with Crippen LogP contribution in [0.2, 0.25) is 0 Å². The summed E-state index contributed by atoms with van der Waals surface area (Å²) in [6.45, 7) is 0. The van der Waals surface area contributed by atoms with E-state index < -0.39 is 11.0 Å². The minimum atomic E-state index is -1.24. The number of aliphatic hydroxyl groups excluding tert-OH is 1. The summed E-state index contributed by atoms with van der Waals surface area (Å²) in [4.78, 5) is 15.2. The Labute approximate surface area is 129 Å². The molecule has 0 aliphatic rings. The molecule has 0 spiro atoms. The molecule has 0 fully saturated rings. The monoisotopic (exact) mass is 328 g/mol. The molecule has 2 aromatic rings. The molecular weight excluding hydrogens is 312 g/mol. The largest absolute Gasteiger partial charge is 0.400 e. The van der Waals surface area contributed by atoms with Gasteiger partial charge in [-0.15, -0.1) is 5.10 Å². The highest BCUT2D eigenvalue weighted by molar-refractivity contribution is 7.99. The number of H-pyrrole nitrogens is 1. The molecule has 1 aromatic heterocycles. The fourth-order valence-electron chi connectivity index (χ4n) is 1.43. The molecule has 21 heavy (non-hydrogen) atoms. The third kappa shape index (κ3) is 5.05. The average Bonchev–Trinajstić information content (AvgIpc) is 3.03. The molecule has 0 aliphatic heterocycles. The number of nitrogens with one attached hydrogen (secondary N) is 2. The molecule has 0 saturated carbocycles. The van der Waals surface area contributed by atoms with Crippen molar-refractivity contribution in [3.8, 4) is 11.4 Å². The van der Waals surface area contributed by atoms with E-state index >= 15 is 0 Å². The molecule has 0 saturated heterocycles. The van der Waals surface area contributed by atoms with Gasteiger partial charge in [0.25, 0.3) is 0 Å². The molecule has 1 heterocycles. The van der Waals surface area contributed by atoms with Crippen molar-refractivity contribution in [3.05, 3.63) is 24.3 Å². The highest BCUT2D eigenvalue weighted by atomic mass is 32.2. The fraction of sp³-hybridized carbons (Fsp3) is 0.250. The van der Waals surface area contributed by atoms with Gasteiger partial charge in [-0.1, -0.05) is 23.9 Å². The van der Waals surface area contributed by atoms with E-state index in [9.17, 15) is 9.00 Å². The van der Waals surface area contributed by atoms with E-state index in [-0.39, 0.29) is 0 Å². The van der Waals surface area contributed by atoms with Gasteiger partial charge in [-0.25, -0.2) is 13.9 Å². The zero-order chi connectivity index (χ0) is 15.7. The summed E-state index contributed by atoms with van der Waals surface area (Å²) in [6, 6.07) is 7.21. The first-order valence-electron chi connectivity index (χ1n) is 5.87. The number of rotatable bonds is 6. The van der Waals surface area contributed by atoms with Crippen molar-refractivity contribution >= 4 is 29.0 Å². The number of hydrogen-bond acceptors (Lipinski definition) is 6. The van der Waals surface area contributed by atoms with Crippen LogP contribution in [-0.4, -0.2) is 50.7 Å². The maximum Gasteiger partial charge on any atom is 0.209 e. The lowest BCUT2D eigenvalue weighted by Crippen LogP contribution is -2.10. The molecule has 9 heteroatoms. The lowest BCUT2D eigenvalue weighted by Gasteiger charge is -2.01. The van der Waals surface area contributed by atoms with Crippen LogP contribution >= 0.6 is 11.8 Å². The van der Waals surface area contributed by atoms with E-state index in [0.29, 0.717) is 21.6 Å². The Bertz CT molecular complexity index is 604. The Kier molecular flexibility index (Phi) is 7.83. The minimum Gasteiger partial charge on any atom is -0.400 e. The average molecular weight is 328 g/mol. The number of aldehydes is 1. The van der Waals surface area contributed by atoms with Gasteiger partial charge < -0.3 is 9.90 Å². The second kappa shape index (κ2) is 9.40. The molecule has 1 unspecified atom stereocenters. The SMILES string of the molecule is CNS(=O)c1cccc(-c2nc(SCC=O)n[nH]2)c1.CO. The first kappa shape index (κ1) is 17.5. The maximum atomic E-state index is 11.7. The van der Waals surface area contributed by atoms with Crippen molar-refractivity contribution in [1.29, 1.82) is 0 Å². The van der Waals surface area contributed by atoms with Crippen LogP contribution in [0.1, 0.15) is 0 Å². The number of aliphatic hydroxyl groups is 1. The van der Waals surface area contributed by atoms with E-state index in [1.807, 2.05) is 6.07 Å². The summed E-state index contributed by atoms with van der Waals surface area (Å²) in [5.41, 5.74) is 0.798. The van der Waals surface area contributed by atoms with Gasteiger partial charge in [-0.3, -0.25) is 5.10 Å². The number of aromatic nitrogens is 3. The minimum absolute atomic E-state index is 0.321. The number of benzene rings is 1. The summed E-state index contributed by atoms with van der Waals surface area (Å²) in [6.07, 6.45) is 0.803. The highest BCUT2D eigenvalue weighted by Crippen LogP contribution is 2.20. The predicted octanol–water partition coefficient (Wildman–Crippen LogP) is 0.613. The van der Waals surface area contributed by atoms with Gasteiger partial charge in [0.05, 0.1) is 10.6 Å². The summed E-state index contributed by atoms with van der Waals surface area (Å²) in [5.74, 6) is 0.907. The molecule has 114 valence electrons. The van der Waals surface area contributed by atoms with Gasteiger partial charge in [-0.2, -0.15) is 0 Å². The van der Waals surface area contributed by atoms with Crippen LogP contribution in [0, 0.1) is 0 Å². The van der Waals surface area contributed by atoms with Crippen molar-refractivity contribution in [2.75, 3.05) is 19.9 Å². The second-order valence-electron chi connectivity index (χ2n) is 3.44. The van der Waals surface area contributed by atoms with Crippen LogP contribution in [0.25, 0.3) is 11.4 Å². The Morgan fingerprint density at radius 3 is 2.90 bits per heavy atom. The number of thioether (sulfide) groups is 1. The quantitative estimate of drug-likeness (QED) is 0.530. The molecule has 0 amide bonds. The van der Waals surface area contributed by atoms with Crippen LogP contribution in [0.15, 0.2) is 34.3 Å². The molecule has 3 N–H and O–H groups in total. The molecular formula is C12H16N4O3S2. The lowest BCUT2D eigenvalue weighted by molar-refractivity contribution is -0.105. The van der Waals surface area contributed by atoms with Crippen molar-refractivity contribution in [2.24, 2.45) is 0 Å². The molecule has 0 radical (unpaired) electrons. The number of nitrogens with zero attached hydrogens (tertiary/aromatic N) is 2. The van der Waals surface area contributed by atoms with Gasteiger partial charge in [0.1, 0.15) is 17.3 Å². The van der Waals surface area contributed by atoms with Crippen molar-refractivity contribution < 1.29 is 14.1 Å². The Balaban J connectivity index is 0.00000106. The smallest absolute Gasteiger partial charge is 0.209 e. The van der Waals surface area contributed by atoms with E-state index in [0.717, 1.165) is 19.0 Å². The Morgan fingerprint density at radius 1 is 1.48 bits per heavy atom. The zero-order valence-electron chi connectivity index (χ0n) is 11.6. The molecule has 1 aromatic carbocycles. The van der Waals surface area contributed by atoms with E-state index in [1.54, 1.807) is 25.2 Å². The molecule has 7 nitrogen and oxygen atoms in total. The molecule has 0 aliphatic carbocycles. The van der Waals surface area contributed by atoms with Gasteiger partial charge in [0, 0.05) is 12.7 Å². The Hall–Kier alpha value is -1.55. The fourth-order valence-corrected chi connectivity index (χ4v) is 2.58. The number of carbonyl (C=O) groups excluding carboxylic acids is 1. The summed E-state index contributed by atoms with van der Waals surface area (Å²) >= 11 is 1.26. The van der Waals surface area contributed by atoms with E-state index in [4.69, 9.17) is 5.11 Å². The van der Waals surface area contributed by atoms with Gasteiger partial charge in [-0.05, 0) is 19.2 Å². The summed E-state index contributed by atoms with van der Waals surface area (Å²) < 4.78 is 14.3. The third-order valence-electron chi connectivity index (χ3n) is 2.25. The Morgan fingerprint density at radius 2 is 2.24 bits per heavy atom. The van der Waals surface area contributed by atoms with Gasteiger partial charge >= 0.3 is 0 Å². The zero-order valence-corrected chi connectivity index (χ0v) is 13.2. The topological polar surface area (TPSA) is 108 Å². The standard InChI is InChI=1S/C11H12N4O2S2.CH4O/c1-12-19(17)9-4-2-3-8(7-9)10-13-11(15-14-10)18-6-5-16;1-2/h2-5,7,12H,6H2,1H3,(H,13,14,15);2H,1H3. The first-order valence-corrected chi connectivity index (χ1v) is 8.01. The molecule has 2 rings (SSSR count). The first-order chi connectivity index (χ1) is 10.2. The summed E-state index contributed by atoms with van der Waals surface area (Å²) in [7, 11) is 1.39. The van der Waals surface area contributed by atoms with Crippen LogP contribution in [0.4, 0.5) is 0 Å². The van der Waals surface area contributed by atoms with E-state index in [1.165, 1.54) is 11.8 Å². The van der Waals surface area contributed by atoms with Crippen LogP contribution in [0.5, 0.6) is 0 Å². The van der Waals surface area contributed by atoms with Gasteiger partial charge in [0.15, 0.2) is 5.82 Å². The van der Waals surface area contributed by atoms with Crippen molar-refractivity contribution in [1.82, 2.24) is 19.9 Å². The summed E-state index contributed by atoms with van der Waals surface area (Å²) in [5, 5.41) is 14.3. The van der Waals surface area contributed by atoms with Crippen molar-refractivity contribution in [3.63, 3.8) is 0 Å². The predicted molar refractivity (Wildman–Crippen MR) is 82.2 cm³/mol. The third-order valence-corrected chi connectivity index (χ3v) is 4.05. The molecule has 0 bridgehead atoms. The van der Waals surface area contributed by atoms with Gasteiger partial charge in [0.2, 0.25) is 5.16 Å². The number of carbonyl (C=O) groups is 1.